The van der Waals surface area contributed by atoms with Gasteiger partial charge in [0.15, 0.2) is 0 Å². The van der Waals surface area contributed by atoms with Crippen molar-refractivity contribution in [2.24, 2.45) is 5.92 Å². The SMILES string of the molecule is O=C(O)CCCCC(=O)N1CSCC1C(=O)NCC1CC1. The summed E-state index contributed by atoms with van der Waals surface area (Å²) in [6.45, 7) is 0.723. The van der Waals surface area contributed by atoms with E-state index in [1.54, 1.807) is 16.7 Å². The molecule has 2 fully saturated rings. The number of carboxylic acid groups (broad SMARTS) is 1. The molecule has 0 bridgehead atoms. The monoisotopic (exact) mass is 314 g/mol. The predicted molar refractivity (Wildman–Crippen MR) is 79.8 cm³/mol. The van der Waals surface area contributed by atoms with Gasteiger partial charge in [-0.3, -0.25) is 14.4 Å². The van der Waals surface area contributed by atoms with Crippen LogP contribution in [0.2, 0.25) is 0 Å². The number of thioether (sulfide) groups is 1. The molecule has 0 aromatic heterocycles. The number of aliphatic carboxylic acids is 1. The molecule has 2 rings (SSSR count). The van der Waals surface area contributed by atoms with Gasteiger partial charge in [0.05, 0.1) is 5.88 Å². The molecule has 118 valence electrons. The van der Waals surface area contributed by atoms with Crippen LogP contribution in [0.25, 0.3) is 0 Å². The highest BCUT2D eigenvalue weighted by molar-refractivity contribution is 7.99. The van der Waals surface area contributed by atoms with E-state index in [2.05, 4.69) is 5.32 Å². The molecule has 21 heavy (non-hydrogen) atoms. The molecule has 2 amide bonds. The van der Waals surface area contributed by atoms with Gasteiger partial charge in [-0.15, -0.1) is 11.8 Å². The molecular formula is C14H22N2O4S. The second-order valence-electron chi connectivity index (χ2n) is 5.67. The molecule has 1 atom stereocenters. The van der Waals surface area contributed by atoms with Gasteiger partial charge in [-0.1, -0.05) is 0 Å². The fraction of sp³-hybridized carbons (Fsp3) is 0.786. The predicted octanol–water partition coefficient (Wildman–Crippen LogP) is 1.06. The zero-order valence-corrected chi connectivity index (χ0v) is 12.9. The molecule has 0 aromatic carbocycles. The van der Waals surface area contributed by atoms with Crippen LogP contribution in [0.15, 0.2) is 0 Å². The van der Waals surface area contributed by atoms with Gasteiger partial charge in [-0.25, -0.2) is 0 Å². The lowest BCUT2D eigenvalue weighted by molar-refractivity contribution is -0.138. The molecule has 0 spiro atoms. The highest BCUT2D eigenvalue weighted by Gasteiger charge is 2.34. The minimum absolute atomic E-state index is 0.0445. The van der Waals surface area contributed by atoms with Crippen LogP contribution in [0.5, 0.6) is 0 Å². The van der Waals surface area contributed by atoms with Crippen molar-refractivity contribution in [3.05, 3.63) is 0 Å². The van der Waals surface area contributed by atoms with Crippen LogP contribution in [-0.4, -0.2) is 52.0 Å². The number of nitrogens with zero attached hydrogens (tertiary/aromatic N) is 1. The summed E-state index contributed by atoms with van der Waals surface area (Å²) >= 11 is 1.59. The molecule has 1 heterocycles. The third kappa shape index (κ3) is 5.22. The Morgan fingerprint density at radius 1 is 1.19 bits per heavy atom. The summed E-state index contributed by atoms with van der Waals surface area (Å²) in [5.74, 6) is 0.902. The molecular weight excluding hydrogens is 292 g/mol. The Morgan fingerprint density at radius 2 is 1.90 bits per heavy atom. The molecule has 2 aliphatic rings. The number of hydrogen-bond acceptors (Lipinski definition) is 4. The molecule has 0 radical (unpaired) electrons. The lowest BCUT2D eigenvalue weighted by Crippen LogP contribution is -2.47. The first-order chi connectivity index (χ1) is 10.1. The van der Waals surface area contributed by atoms with Crippen molar-refractivity contribution in [3.8, 4) is 0 Å². The zero-order valence-electron chi connectivity index (χ0n) is 12.0. The summed E-state index contributed by atoms with van der Waals surface area (Å²) in [5.41, 5.74) is 0. The molecule has 2 N–H and O–H groups in total. The van der Waals surface area contributed by atoms with Crippen LogP contribution >= 0.6 is 11.8 Å². The summed E-state index contributed by atoms with van der Waals surface area (Å²) in [6, 6.07) is -0.360. The first-order valence-corrected chi connectivity index (χ1v) is 8.60. The fourth-order valence-electron chi connectivity index (χ4n) is 2.29. The van der Waals surface area contributed by atoms with Crippen LogP contribution < -0.4 is 5.32 Å². The van der Waals surface area contributed by atoms with Gasteiger partial charge in [0.1, 0.15) is 6.04 Å². The largest absolute Gasteiger partial charge is 0.481 e. The quantitative estimate of drug-likeness (QED) is 0.654. The Balaban J connectivity index is 1.72. The van der Waals surface area contributed by atoms with E-state index in [4.69, 9.17) is 5.11 Å². The molecule has 1 aliphatic heterocycles. The maximum Gasteiger partial charge on any atom is 0.303 e. The average molecular weight is 314 g/mol. The van der Waals surface area contributed by atoms with Crippen molar-refractivity contribution in [2.45, 2.75) is 44.6 Å². The van der Waals surface area contributed by atoms with Gasteiger partial charge in [-0.05, 0) is 31.6 Å². The summed E-state index contributed by atoms with van der Waals surface area (Å²) in [4.78, 5) is 36.3. The summed E-state index contributed by atoms with van der Waals surface area (Å²) in [7, 11) is 0. The van der Waals surface area contributed by atoms with E-state index in [1.165, 1.54) is 12.8 Å². The second-order valence-corrected chi connectivity index (χ2v) is 6.67. The van der Waals surface area contributed by atoms with Crippen LogP contribution in [-0.2, 0) is 14.4 Å². The number of amides is 2. The van der Waals surface area contributed by atoms with Crippen LogP contribution in [0.1, 0.15) is 38.5 Å². The third-order valence-electron chi connectivity index (χ3n) is 3.80. The molecule has 6 nitrogen and oxygen atoms in total. The maximum absolute atomic E-state index is 12.1. The lowest BCUT2D eigenvalue weighted by Gasteiger charge is -2.23. The van der Waals surface area contributed by atoms with Crippen molar-refractivity contribution in [1.29, 1.82) is 0 Å². The van der Waals surface area contributed by atoms with E-state index in [-0.39, 0.29) is 24.3 Å². The van der Waals surface area contributed by atoms with E-state index in [0.717, 1.165) is 6.54 Å². The number of unbranched alkanes of at least 4 members (excludes halogenated alkanes) is 1. The summed E-state index contributed by atoms with van der Waals surface area (Å²) in [6.07, 6.45) is 3.84. The number of hydrogen-bond donors (Lipinski definition) is 2. The standard InChI is InChI=1S/C14H22N2O4S/c17-12(3-1-2-4-13(18)19)16-9-21-8-11(16)14(20)15-7-10-5-6-10/h10-11H,1-9H2,(H,15,20)(H,18,19). The minimum Gasteiger partial charge on any atom is -0.481 e. The average Bonchev–Trinajstić information content (AvgIpc) is 3.14. The number of nitrogens with one attached hydrogen (secondary N) is 1. The van der Waals surface area contributed by atoms with Crippen molar-refractivity contribution in [2.75, 3.05) is 18.2 Å². The Labute approximate surface area is 128 Å². The van der Waals surface area contributed by atoms with E-state index < -0.39 is 5.97 Å². The first-order valence-electron chi connectivity index (χ1n) is 7.44. The number of carbonyl (C=O) groups excluding carboxylic acids is 2. The van der Waals surface area contributed by atoms with E-state index in [0.29, 0.717) is 36.8 Å². The van der Waals surface area contributed by atoms with E-state index in [1.807, 2.05) is 0 Å². The van der Waals surface area contributed by atoms with Gasteiger partial charge in [0.25, 0.3) is 0 Å². The van der Waals surface area contributed by atoms with Crippen molar-refractivity contribution >= 4 is 29.5 Å². The Bertz CT molecular complexity index is 412. The topological polar surface area (TPSA) is 86.7 Å². The van der Waals surface area contributed by atoms with Crippen molar-refractivity contribution < 1.29 is 19.5 Å². The van der Waals surface area contributed by atoms with Gasteiger partial charge < -0.3 is 15.3 Å². The first kappa shape index (κ1) is 16.1. The Hall–Kier alpha value is -1.24. The number of carbonyl (C=O) groups is 3. The van der Waals surface area contributed by atoms with Crippen molar-refractivity contribution in [3.63, 3.8) is 0 Å². The number of carboxylic acids is 1. The highest BCUT2D eigenvalue weighted by atomic mass is 32.2. The van der Waals surface area contributed by atoms with Gasteiger partial charge >= 0.3 is 5.97 Å². The highest BCUT2D eigenvalue weighted by Crippen LogP contribution is 2.28. The van der Waals surface area contributed by atoms with Gasteiger partial charge in [0, 0.05) is 25.1 Å². The molecule has 1 saturated carbocycles. The number of rotatable bonds is 8. The summed E-state index contributed by atoms with van der Waals surface area (Å²) in [5, 5.41) is 11.5. The zero-order chi connectivity index (χ0) is 15.2. The summed E-state index contributed by atoms with van der Waals surface area (Å²) < 4.78 is 0. The normalized spacial score (nSPS) is 21.3. The molecule has 1 saturated heterocycles. The van der Waals surface area contributed by atoms with Gasteiger partial charge in [-0.2, -0.15) is 0 Å². The van der Waals surface area contributed by atoms with Crippen LogP contribution in [0.3, 0.4) is 0 Å². The third-order valence-corrected chi connectivity index (χ3v) is 4.81. The van der Waals surface area contributed by atoms with Crippen molar-refractivity contribution in [1.82, 2.24) is 10.2 Å². The lowest BCUT2D eigenvalue weighted by atomic mass is 10.1. The molecule has 1 unspecified atom stereocenters. The fourth-order valence-corrected chi connectivity index (χ4v) is 3.47. The Kier molecular flexibility index (Phi) is 5.90. The smallest absolute Gasteiger partial charge is 0.303 e. The van der Waals surface area contributed by atoms with Gasteiger partial charge in [0.2, 0.25) is 11.8 Å². The second kappa shape index (κ2) is 7.68. The van der Waals surface area contributed by atoms with E-state index in [9.17, 15) is 14.4 Å². The maximum atomic E-state index is 12.1. The van der Waals surface area contributed by atoms with E-state index >= 15 is 0 Å². The molecule has 7 heteroatoms. The molecule has 1 aliphatic carbocycles. The minimum atomic E-state index is -0.837. The Morgan fingerprint density at radius 3 is 2.57 bits per heavy atom. The van der Waals surface area contributed by atoms with Crippen LogP contribution in [0, 0.1) is 5.92 Å². The van der Waals surface area contributed by atoms with Crippen LogP contribution in [0.4, 0.5) is 0 Å². The molecule has 0 aromatic rings.